The molecule has 2 saturated heterocycles. The fourth-order valence-electron chi connectivity index (χ4n) is 2.84. The van der Waals surface area contributed by atoms with Crippen LogP contribution in [0.1, 0.15) is 45.0 Å². The number of aromatic amines is 1. The van der Waals surface area contributed by atoms with Gasteiger partial charge in [0, 0.05) is 19.1 Å². The molecular weight excluding hydrogens is 242 g/mol. The Labute approximate surface area is 113 Å². The van der Waals surface area contributed by atoms with Crippen LogP contribution in [0.4, 0.5) is 5.95 Å². The van der Waals surface area contributed by atoms with E-state index in [0.29, 0.717) is 12.0 Å². The van der Waals surface area contributed by atoms with Crippen molar-refractivity contribution in [1.29, 1.82) is 0 Å². The lowest BCUT2D eigenvalue weighted by molar-refractivity contribution is 0.0505. The van der Waals surface area contributed by atoms with Crippen LogP contribution in [0.3, 0.4) is 0 Å². The first-order valence-electron chi connectivity index (χ1n) is 7.21. The molecule has 2 fully saturated rings. The first-order valence-corrected chi connectivity index (χ1v) is 7.21. The van der Waals surface area contributed by atoms with Crippen LogP contribution in [0.2, 0.25) is 0 Å². The Hall–Kier alpha value is -1.14. The number of aromatic nitrogens is 3. The smallest absolute Gasteiger partial charge is 0.244 e. The maximum Gasteiger partial charge on any atom is 0.244 e. The Balaban J connectivity index is 1.68. The summed E-state index contributed by atoms with van der Waals surface area (Å²) in [5.74, 6) is 2.20. The van der Waals surface area contributed by atoms with Crippen molar-refractivity contribution in [3.05, 3.63) is 5.82 Å². The van der Waals surface area contributed by atoms with Gasteiger partial charge in [0.05, 0.1) is 6.10 Å². The van der Waals surface area contributed by atoms with E-state index in [-0.39, 0.29) is 12.1 Å². The molecule has 19 heavy (non-hydrogen) atoms. The number of piperidine rings is 1. The van der Waals surface area contributed by atoms with E-state index in [9.17, 15) is 0 Å². The first-order chi connectivity index (χ1) is 9.13. The summed E-state index contributed by atoms with van der Waals surface area (Å²) in [7, 11) is 0. The molecule has 4 atom stereocenters. The largest absolute Gasteiger partial charge is 0.367 e. The molecular formula is C13H23N5O. The summed E-state index contributed by atoms with van der Waals surface area (Å²) in [6, 6.07) is 0.207. The molecule has 0 bridgehead atoms. The average Bonchev–Trinajstić information content (AvgIpc) is 3.01. The maximum atomic E-state index is 6.12. The maximum absolute atomic E-state index is 6.12. The molecule has 6 nitrogen and oxygen atoms in total. The second-order valence-corrected chi connectivity index (χ2v) is 5.91. The highest BCUT2D eigenvalue weighted by atomic mass is 16.5. The van der Waals surface area contributed by atoms with Crippen molar-refractivity contribution in [1.82, 2.24) is 15.2 Å². The van der Waals surface area contributed by atoms with Gasteiger partial charge in [0.25, 0.3) is 0 Å². The summed E-state index contributed by atoms with van der Waals surface area (Å²) in [6.45, 7) is 6.12. The van der Waals surface area contributed by atoms with Gasteiger partial charge in [0.1, 0.15) is 6.10 Å². The quantitative estimate of drug-likeness (QED) is 0.840. The van der Waals surface area contributed by atoms with Crippen molar-refractivity contribution >= 4 is 5.95 Å². The molecule has 4 unspecified atom stereocenters. The van der Waals surface area contributed by atoms with E-state index >= 15 is 0 Å². The zero-order valence-electron chi connectivity index (χ0n) is 11.7. The van der Waals surface area contributed by atoms with Crippen molar-refractivity contribution in [3.63, 3.8) is 0 Å². The van der Waals surface area contributed by atoms with E-state index < -0.39 is 0 Å². The zero-order valence-corrected chi connectivity index (χ0v) is 11.7. The van der Waals surface area contributed by atoms with Gasteiger partial charge in [-0.05, 0) is 32.1 Å². The topological polar surface area (TPSA) is 80.1 Å². The molecule has 0 aliphatic carbocycles. The molecule has 1 aromatic heterocycles. The van der Waals surface area contributed by atoms with Gasteiger partial charge in [-0.1, -0.05) is 6.92 Å². The lowest BCUT2D eigenvalue weighted by atomic mass is 9.95. The normalized spacial score (nSPS) is 35.8. The molecule has 3 heterocycles. The van der Waals surface area contributed by atoms with Gasteiger partial charge in [0.15, 0.2) is 5.82 Å². The number of ether oxygens (including phenoxy) is 1. The predicted octanol–water partition coefficient (Wildman–Crippen LogP) is 1.22. The van der Waals surface area contributed by atoms with Crippen molar-refractivity contribution in [2.45, 2.75) is 51.4 Å². The third kappa shape index (κ3) is 2.60. The molecule has 2 aliphatic rings. The van der Waals surface area contributed by atoms with E-state index in [4.69, 9.17) is 10.5 Å². The van der Waals surface area contributed by atoms with E-state index in [1.807, 2.05) is 0 Å². The summed E-state index contributed by atoms with van der Waals surface area (Å²) in [5.41, 5.74) is 6.12. The number of H-pyrrole nitrogens is 1. The number of nitrogens with one attached hydrogen (secondary N) is 1. The highest BCUT2D eigenvalue weighted by Gasteiger charge is 2.29. The summed E-state index contributed by atoms with van der Waals surface area (Å²) in [5, 5.41) is 7.35. The van der Waals surface area contributed by atoms with Gasteiger partial charge in [-0.25, -0.2) is 0 Å². The number of anilines is 1. The molecule has 6 heteroatoms. The van der Waals surface area contributed by atoms with Crippen molar-refractivity contribution in [2.24, 2.45) is 11.7 Å². The zero-order chi connectivity index (χ0) is 13.4. The van der Waals surface area contributed by atoms with E-state index in [2.05, 4.69) is 33.9 Å². The van der Waals surface area contributed by atoms with Gasteiger partial charge in [0.2, 0.25) is 5.95 Å². The van der Waals surface area contributed by atoms with Gasteiger partial charge in [-0.3, -0.25) is 5.10 Å². The Morgan fingerprint density at radius 1 is 1.32 bits per heavy atom. The summed E-state index contributed by atoms with van der Waals surface area (Å²) in [4.78, 5) is 6.76. The van der Waals surface area contributed by atoms with Crippen molar-refractivity contribution in [3.8, 4) is 0 Å². The number of nitrogens with two attached hydrogens (primary N) is 1. The summed E-state index contributed by atoms with van der Waals surface area (Å²) < 4.78 is 5.81. The molecule has 0 saturated carbocycles. The Morgan fingerprint density at radius 3 is 2.84 bits per heavy atom. The number of hydrogen-bond donors (Lipinski definition) is 2. The fourth-order valence-corrected chi connectivity index (χ4v) is 2.84. The van der Waals surface area contributed by atoms with Gasteiger partial charge < -0.3 is 15.4 Å². The molecule has 106 valence electrons. The molecule has 3 N–H and O–H groups in total. The lowest BCUT2D eigenvalue weighted by Gasteiger charge is -2.34. The highest BCUT2D eigenvalue weighted by molar-refractivity contribution is 5.30. The molecule has 0 spiro atoms. The van der Waals surface area contributed by atoms with Crippen LogP contribution in [0, 0.1) is 5.92 Å². The molecule has 0 amide bonds. The van der Waals surface area contributed by atoms with Crippen LogP contribution in [0.15, 0.2) is 0 Å². The molecule has 0 aromatic carbocycles. The first kappa shape index (κ1) is 12.9. The second kappa shape index (κ2) is 5.09. The van der Waals surface area contributed by atoms with Gasteiger partial charge in [-0.15, -0.1) is 5.10 Å². The lowest BCUT2D eigenvalue weighted by Crippen LogP contribution is -2.48. The van der Waals surface area contributed by atoms with Crippen molar-refractivity contribution < 1.29 is 4.74 Å². The van der Waals surface area contributed by atoms with E-state index in [1.54, 1.807) is 0 Å². The standard InChI is InChI=1S/C13H23N5O/c1-8-5-6-18(7-10(8)14)13-15-12(16-17-13)11-4-3-9(2)19-11/h8-11H,3-7,14H2,1-2H3,(H,15,16,17). The second-order valence-electron chi connectivity index (χ2n) is 5.91. The van der Waals surface area contributed by atoms with Crippen LogP contribution < -0.4 is 10.6 Å². The minimum atomic E-state index is 0.0774. The molecule has 2 aliphatic heterocycles. The number of rotatable bonds is 2. The minimum Gasteiger partial charge on any atom is -0.367 e. The highest BCUT2D eigenvalue weighted by Crippen LogP contribution is 2.31. The average molecular weight is 265 g/mol. The van der Waals surface area contributed by atoms with Crippen LogP contribution >= 0.6 is 0 Å². The number of hydrogen-bond acceptors (Lipinski definition) is 5. The SMILES string of the molecule is CC1CCC(c2nc(N3CCC(C)C(N)C3)n[nH]2)O1. The van der Waals surface area contributed by atoms with Crippen LogP contribution in [0.5, 0.6) is 0 Å². The molecule has 1 aromatic rings. The third-order valence-electron chi connectivity index (χ3n) is 4.33. The molecule has 3 rings (SSSR count). The fraction of sp³-hybridized carbons (Fsp3) is 0.846. The number of nitrogens with zero attached hydrogens (tertiary/aromatic N) is 3. The third-order valence-corrected chi connectivity index (χ3v) is 4.33. The Bertz CT molecular complexity index is 434. The van der Waals surface area contributed by atoms with Gasteiger partial charge >= 0.3 is 0 Å². The van der Waals surface area contributed by atoms with Crippen LogP contribution in [-0.2, 0) is 4.74 Å². The monoisotopic (exact) mass is 265 g/mol. The summed E-state index contributed by atoms with van der Waals surface area (Å²) in [6.07, 6.45) is 3.61. The van der Waals surface area contributed by atoms with Gasteiger partial charge in [-0.2, -0.15) is 4.98 Å². The minimum absolute atomic E-state index is 0.0774. The van der Waals surface area contributed by atoms with Crippen LogP contribution in [0.25, 0.3) is 0 Å². The van der Waals surface area contributed by atoms with E-state index in [1.165, 1.54) is 0 Å². The van der Waals surface area contributed by atoms with Crippen molar-refractivity contribution in [2.75, 3.05) is 18.0 Å². The Kier molecular flexibility index (Phi) is 3.45. The van der Waals surface area contributed by atoms with E-state index in [0.717, 1.165) is 44.1 Å². The predicted molar refractivity (Wildman–Crippen MR) is 72.9 cm³/mol. The summed E-state index contributed by atoms with van der Waals surface area (Å²) >= 11 is 0. The van der Waals surface area contributed by atoms with Crippen LogP contribution in [-0.4, -0.2) is 40.4 Å². The Morgan fingerprint density at radius 2 is 2.16 bits per heavy atom. The molecule has 0 radical (unpaired) electrons.